The van der Waals surface area contributed by atoms with E-state index in [0.717, 1.165) is 0 Å². The molecule has 1 radical (unpaired) electrons. The van der Waals surface area contributed by atoms with Gasteiger partial charge in [0.2, 0.25) is 0 Å². The Morgan fingerprint density at radius 2 is 1.45 bits per heavy atom. The molecular weight excluding hydrogens is 144 g/mol. The smallest absolute Gasteiger partial charge is 0.186 e. The fourth-order valence-corrected chi connectivity index (χ4v) is 0.781. The Morgan fingerprint density at radius 1 is 1.00 bits per heavy atom. The van der Waals surface area contributed by atoms with Crippen LogP contribution in [-0.4, -0.2) is 14.2 Å². The second kappa shape index (κ2) is 3.14. The van der Waals surface area contributed by atoms with Crippen molar-refractivity contribution in [2.24, 2.45) is 0 Å². The SMILES string of the molecule is COc1cc([O])cc(OC)c1. The van der Waals surface area contributed by atoms with Crippen LogP contribution in [-0.2, 0) is 5.11 Å². The standard InChI is InChI=1S/C8H9O3/c1-10-7-3-6(9)4-8(5-7)11-2/h3-5H,1-2H3. The first-order chi connectivity index (χ1) is 5.26. The molecule has 0 fully saturated rings. The highest BCUT2D eigenvalue weighted by Crippen LogP contribution is 2.26. The molecule has 0 bridgehead atoms. The van der Waals surface area contributed by atoms with E-state index in [1.807, 2.05) is 0 Å². The van der Waals surface area contributed by atoms with Gasteiger partial charge in [-0.3, -0.25) is 5.11 Å². The molecule has 0 aliphatic heterocycles. The summed E-state index contributed by atoms with van der Waals surface area (Å²) in [6.45, 7) is 0. The number of methoxy groups -OCH3 is 2. The summed E-state index contributed by atoms with van der Waals surface area (Å²) in [4.78, 5) is 0. The van der Waals surface area contributed by atoms with Gasteiger partial charge in [-0.2, -0.15) is 0 Å². The molecule has 3 nitrogen and oxygen atoms in total. The molecular formula is C8H9O3. The van der Waals surface area contributed by atoms with Crippen molar-refractivity contribution in [1.29, 1.82) is 0 Å². The molecule has 0 aliphatic rings. The Labute approximate surface area is 65.2 Å². The molecule has 1 aromatic carbocycles. The summed E-state index contributed by atoms with van der Waals surface area (Å²) < 4.78 is 9.72. The van der Waals surface area contributed by atoms with Gasteiger partial charge in [-0.1, -0.05) is 0 Å². The minimum atomic E-state index is -0.110. The largest absolute Gasteiger partial charge is 0.496 e. The van der Waals surface area contributed by atoms with E-state index in [0.29, 0.717) is 11.5 Å². The molecule has 11 heavy (non-hydrogen) atoms. The lowest BCUT2D eigenvalue weighted by Crippen LogP contribution is -1.85. The predicted molar refractivity (Wildman–Crippen MR) is 39.7 cm³/mol. The van der Waals surface area contributed by atoms with Crippen molar-refractivity contribution in [2.75, 3.05) is 14.2 Å². The van der Waals surface area contributed by atoms with E-state index in [1.54, 1.807) is 6.07 Å². The highest BCUT2D eigenvalue weighted by molar-refractivity contribution is 5.40. The van der Waals surface area contributed by atoms with Gasteiger partial charge in [0.05, 0.1) is 14.2 Å². The van der Waals surface area contributed by atoms with E-state index >= 15 is 0 Å². The molecule has 0 saturated carbocycles. The first kappa shape index (κ1) is 7.72. The summed E-state index contributed by atoms with van der Waals surface area (Å²) in [5.74, 6) is 0.935. The summed E-state index contributed by atoms with van der Waals surface area (Å²) in [5, 5.41) is 10.9. The lowest BCUT2D eigenvalue weighted by atomic mass is 10.3. The lowest BCUT2D eigenvalue weighted by molar-refractivity contribution is 0.340. The zero-order valence-electron chi connectivity index (χ0n) is 6.46. The normalized spacial score (nSPS) is 9.27. The number of hydrogen-bond donors (Lipinski definition) is 0. The minimum Gasteiger partial charge on any atom is -0.496 e. The summed E-state index contributed by atoms with van der Waals surface area (Å²) in [5.41, 5.74) is 0. The molecule has 3 heteroatoms. The third-order valence-electron chi connectivity index (χ3n) is 1.32. The molecule has 0 atom stereocenters. The van der Waals surface area contributed by atoms with Crippen molar-refractivity contribution < 1.29 is 14.6 Å². The van der Waals surface area contributed by atoms with Crippen molar-refractivity contribution in [3.05, 3.63) is 18.2 Å². The van der Waals surface area contributed by atoms with Crippen molar-refractivity contribution in [1.82, 2.24) is 0 Å². The zero-order chi connectivity index (χ0) is 8.27. The molecule has 0 amide bonds. The van der Waals surface area contributed by atoms with E-state index in [2.05, 4.69) is 0 Å². The molecule has 0 saturated heterocycles. The van der Waals surface area contributed by atoms with Crippen LogP contribution >= 0.6 is 0 Å². The number of ether oxygens (including phenoxy) is 2. The second-order valence-corrected chi connectivity index (χ2v) is 2.05. The van der Waals surface area contributed by atoms with Gasteiger partial charge >= 0.3 is 0 Å². The molecule has 0 heterocycles. The van der Waals surface area contributed by atoms with Crippen LogP contribution in [0.2, 0.25) is 0 Å². The van der Waals surface area contributed by atoms with Gasteiger partial charge in [0.25, 0.3) is 0 Å². The number of hydrogen-bond acceptors (Lipinski definition) is 2. The highest BCUT2D eigenvalue weighted by atomic mass is 16.5. The van der Waals surface area contributed by atoms with E-state index in [9.17, 15) is 5.11 Å². The van der Waals surface area contributed by atoms with Crippen LogP contribution in [0.4, 0.5) is 0 Å². The molecule has 0 spiro atoms. The lowest BCUT2D eigenvalue weighted by Gasteiger charge is -2.02. The first-order valence-electron chi connectivity index (χ1n) is 3.16. The van der Waals surface area contributed by atoms with Crippen molar-refractivity contribution in [2.45, 2.75) is 0 Å². The number of benzene rings is 1. The summed E-state index contributed by atoms with van der Waals surface area (Å²) in [6.07, 6.45) is 0. The molecule has 0 unspecified atom stereocenters. The quantitative estimate of drug-likeness (QED) is 0.650. The topological polar surface area (TPSA) is 38.4 Å². The van der Waals surface area contributed by atoms with Crippen LogP contribution in [0, 0.1) is 0 Å². The average molecular weight is 153 g/mol. The Bertz CT molecular complexity index is 223. The average Bonchev–Trinajstić information content (AvgIpc) is 2.03. The zero-order valence-corrected chi connectivity index (χ0v) is 6.46. The third kappa shape index (κ3) is 1.77. The van der Waals surface area contributed by atoms with Gasteiger partial charge in [-0.05, 0) is 0 Å². The maximum absolute atomic E-state index is 10.9. The summed E-state index contributed by atoms with van der Waals surface area (Å²) >= 11 is 0. The first-order valence-corrected chi connectivity index (χ1v) is 3.16. The molecule has 0 aliphatic carbocycles. The fraction of sp³-hybridized carbons (Fsp3) is 0.250. The highest BCUT2D eigenvalue weighted by Gasteiger charge is 2.00. The molecule has 1 rings (SSSR count). The summed E-state index contributed by atoms with van der Waals surface area (Å²) in [7, 11) is 3.02. The van der Waals surface area contributed by atoms with Gasteiger partial charge in [0.15, 0.2) is 5.75 Å². The molecule has 0 N–H and O–H groups in total. The van der Waals surface area contributed by atoms with Crippen molar-refractivity contribution in [3.8, 4) is 17.2 Å². The Morgan fingerprint density at radius 3 is 1.82 bits per heavy atom. The predicted octanol–water partition coefficient (Wildman–Crippen LogP) is 1.85. The van der Waals surface area contributed by atoms with Crippen molar-refractivity contribution >= 4 is 0 Å². The van der Waals surface area contributed by atoms with Gasteiger partial charge in [0.1, 0.15) is 11.5 Å². The molecule has 1 aromatic rings. The summed E-state index contributed by atoms with van der Waals surface area (Å²) in [6, 6.07) is 4.46. The molecule has 0 aromatic heterocycles. The van der Waals surface area contributed by atoms with Gasteiger partial charge < -0.3 is 9.47 Å². The maximum atomic E-state index is 10.9. The van der Waals surface area contributed by atoms with E-state index in [-0.39, 0.29) is 5.75 Å². The van der Waals surface area contributed by atoms with Crippen LogP contribution in [0.3, 0.4) is 0 Å². The second-order valence-electron chi connectivity index (χ2n) is 2.05. The van der Waals surface area contributed by atoms with E-state index in [4.69, 9.17) is 9.47 Å². The van der Waals surface area contributed by atoms with Crippen LogP contribution in [0.1, 0.15) is 0 Å². The minimum absolute atomic E-state index is 0.110. The van der Waals surface area contributed by atoms with Gasteiger partial charge in [-0.25, -0.2) is 0 Å². The number of rotatable bonds is 2. The van der Waals surface area contributed by atoms with Crippen molar-refractivity contribution in [3.63, 3.8) is 0 Å². The fourth-order valence-electron chi connectivity index (χ4n) is 0.781. The van der Waals surface area contributed by atoms with Gasteiger partial charge in [-0.15, -0.1) is 0 Å². The maximum Gasteiger partial charge on any atom is 0.186 e. The van der Waals surface area contributed by atoms with Crippen LogP contribution in [0.5, 0.6) is 17.2 Å². The Kier molecular flexibility index (Phi) is 2.21. The van der Waals surface area contributed by atoms with Gasteiger partial charge in [0, 0.05) is 18.2 Å². The van der Waals surface area contributed by atoms with Crippen LogP contribution in [0.25, 0.3) is 0 Å². The monoisotopic (exact) mass is 153 g/mol. The van der Waals surface area contributed by atoms with E-state index in [1.165, 1.54) is 26.4 Å². The Balaban J connectivity index is 3.02. The molecule has 59 valence electrons. The van der Waals surface area contributed by atoms with Crippen LogP contribution < -0.4 is 9.47 Å². The van der Waals surface area contributed by atoms with E-state index < -0.39 is 0 Å². The third-order valence-corrected chi connectivity index (χ3v) is 1.32. The van der Waals surface area contributed by atoms with Crippen LogP contribution in [0.15, 0.2) is 18.2 Å². The Hall–Kier alpha value is -1.38.